The summed E-state index contributed by atoms with van der Waals surface area (Å²) in [6.45, 7) is 3.30. The predicted octanol–water partition coefficient (Wildman–Crippen LogP) is 2.89. The third kappa shape index (κ3) is 2.49. The van der Waals surface area contributed by atoms with Gasteiger partial charge in [0.2, 0.25) is 0 Å². The minimum Gasteiger partial charge on any atom is -0.486 e. The van der Waals surface area contributed by atoms with Crippen LogP contribution < -0.4 is 14.8 Å². The summed E-state index contributed by atoms with van der Waals surface area (Å²) in [5, 5.41) is 3.52. The topological polar surface area (TPSA) is 30.5 Å². The Morgan fingerprint density at radius 1 is 1.00 bits per heavy atom. The summed E-state index contributed by atoms with van der Waals surface area (Å²) in [7, 11) is 0. The fraction of sp³-hybridized carbons (Fsp3) is 0.333. The van der Waals surface area contributed by atoms with Crippen molar-refractivity contribution in [2.45, 2.75) is 18.9 Å². The Morgan fingerprint density at radius 3 is 2.81 bits per heavy atom. The molecule has 3 nitrogen and oxygen atoms in total. The normalized spacial score (nSPS) is 19.9. The largest absolute Gasteiger partial charge is 0.486 e. The Kier molecular flexibility index (Phi) is 3.28. The molecule has 0 aliphatic carbocycles. The van der Waals surface area contributed by atoms with E-state index in [0.717, 1.165) is 31.0 Å². The zero-order valence-corrected chi connectivity index (χ0v) is 12.0. The molecule has 0 aromatic heterocycles. The smallest absolute Gasteiger partial charge is 0.161 e. The molecule has 2 aliphatic rings. The maximum Gasteiger partial charge on any atom is 0.161 e. The van der Waals surface area contributed by atoms with Crippen LogP contribution in [-0.2, 0) is 13.0 Å². The van der Waals surface area contributed by atoms with Crippen molar-refractivity contribution in [1.82, 2.24) is 5.32 Å². The third-order valence-corrected chi connectivity index (χ3v) is 4.29. The first-order chi connectivity index (χ1) is 10.4. The van der Waals surface area contributed by atoms with Gasteiger partial charge in [-0.15, -0.1) is 0 Å². The van der Waals surface area contributed by atoms with Gasteiger partial charge in [-0.3, -0.25) is 0 Å². The zero-order chi connectivity index (χ0) is 14.1. The van der Waals surface area contributed by atoms with Crippen molar-refractivity contribution in [2.24, 2.45) is 0 Å². The molecule has 2 heterocycles. The number of hydrogen-bond donors (Lipinski definition) is 1. The zero-order valence-electron chi connectivity index (χ0n) is 12.0. The van der Waals surface area contributed by atoms with E-state index in [1.165, 1.54) is 16.7 Å². The van der Waals surface area contributed by atoms with E-state index in [-0.39, 0.29) is 0 Å². The first-order valence-corrected chi connectivity index (χ1v) is 7.57. The lowest BCUT2D eigenvalue weighted by molar-refractivity contribution is 0.171. The second-order valence-electron chi connectivity index (χ2n) is 5.71. The van der Waals surface area contributed by atoms with E-state index in [2.05, 4.69) is 41.7 Å². The molecule has 2 aliphatic heterocycles. The molecular weight excluding hydrogens is 262 g/mol. The maximum atomic E-state index is 5.68. The van der Waals surface area contributed by atoms with E-state index < -0.39 is 0 Å². The minimum atomic E-state index is 0.525. The molecule has 1 unspecified atom stereocenters. The maximum absolute atomic E-state index is 5.68. The van der Waals surface area contributed by atoms with Gasteiger partial charge in [-0.25, -0.2) is 0 Å². The molecule has 0 radical (unpaired) electrons. The second-order valence-corrected chi connectivity index (χ2v) is 5.71. The number of ether oxygens (including phenoxy) is 2. The summed E-state index contributed by atoms with van der Waals surface area (Å²) in [4.78, 5) is 0. The molecule has 0 amide bonds. The highest BCUT2D eigenvalue weighted by Gasteiger charge is 2.20. The average Bonchev–Trinajstić information content (AvgIpc) is 2.55. The molecule has 2 aromatic carbocycles. The van der Waals surface area contributed by atoms with Gasteiger partial charge in [0, 0.05) is 19.0 Å². The Bertz CT molecular complexity index is 653. The predicted molar refractivity (Wildman–Crippen MR) is 82.0 cm³/mol. The summed E-state index contributed by atoms with van der Waals surface area (Å²) in [6, 6.07) is 15.1. The molecule has 108 valence electrons. The standard InChI is InChI=1S/C18H19NO2/c1-2-4-16-14(3-1)11-19-12-15(16)9-13-5-6-17-18(10-13)21-8-7-20-17/h1-6,10,15,19H,7-9,11-12H2. The number of benzene rings is 2. The molecule has 0 saturated heterocycles. The van der Waals surface area contributed by atoms with Gasteiger partial charge in [-0.1, -0.05) is 30.3 Å². The summed E-state index contributed by atoms with van der Waals surface area (Å²) in [5.74, 6) is 2.28. The Labute approximate surface area is 124 Å². The SMILES string of the molecule is c1ccc2c(c1)CNCC2Cc1ccc2c(c1)OCCO2. The van der Waals surface area contributed by atoms with Gasteiger partial charge >= 0.3 is 0 Å². The van der Waals surface area contributed by atoms with Gasteiger partial charge in [0.05, 0.1) is 0 Å². The highest BCUT2D eigenvalue weighted by molar-refractivity contribution is 5.44. The lowest BCUT2D eigenvalue weighted by Gasteiger charge is -2.27. The Balaban J connectivity index is 1.59. The van der Waals surface area contributed by atoms with Crippen LogP contribution in [0.1, 0.15) is 22.6 Å². The molecular formula is C18H19NO2. The van der Waals surface area contributed by atoms with Crippen LogP contribution in [-0.4, -0.2) is 19.8 Å². The van der Waals surface area contributed by atoms with Crippen molar-refractivity contribution < 1.29 is 9.47 Å². The molecule has 0 fully saturated rings. The van der Waals surface area contributed by atoms with Gasteiger partial charge < -0.3 is 14.8 Å². The van der Waals surface area contributed by atoms with Gasteiger partial charge in [-0.2, -0.15) is 0 Å². The lowest BCUT2D eigenvalue weighted by atomic mass is 9.86. The monoisotopic (exact) mass is 281 g/mol. The summed E-state index contributed by atoms with van der Waals surface area (Å²) in [6.07, 6.45) is 1.03. The van der Waals surface area contributed by atoms with Crippen LogP contribution in [0, 0.1) is 0 Å². The van der Waals surface area contributed by atoms with Crippen LogP contribution in [0.25, 0.3) is 0 Å². The number of fused-ring (bicyclic) bond motifs is 2. The van der Waals surface area contributed by atoms with Crippen molar-refractivity contribution in [3.8, 4) is 11.5 Å². The Hall–Kier alpha value is -2.00. The first-order valence-electron chi connectivity index (χ1n) is 7.57. The van der Waals surface area contributed by atoms with Gasteiger partial charge in [-0.05, 0) is 35.2 Å². The van der Waals surface area contributed by atoms with Crippen LogP contribution in [0.15, 0.2) is 42.5 Å². The van der Waals surface area contributed by atoms with Crippen molar-refractivity contribution in [2.75, 3.05) is 19.8 Å². The Morgan fingerprint density at radius 2 is 1.86 bits per heavy atom. The minimum absolute atomic E-state index is 0.525. The molecule has 3 heteroatoms. The van der Waals surface area contributed by atoms with E-state index >= 15 is 0 Å². The van der Waals surface area contributed by atoms with E-state index in [9.17, 15) is 0 Å². The van der Waals surface area contributed by atoms with E-state index in [1.54, 1.807) is 0 Å². The third-order valence-electron chi connectivity index (χ3n) is 4.29. The lowest BCUT2D eigenvalue weighted by Crippen LogP contribution is -2.29. The van der Waals surface area contributed by atoms with Gasteiger partial charge in [0.25, 0.3) is 0 Å². The highest BCUT2D eigenvalue weighted by atomic mass is 16.6. The number of rotatable bonds is 2. The van der Waals surface area contributed by atoms with Crippen molar-refractivity contribution in [3.63, 3.8) is 0 Å². The fourth-order valence-electron chi connectivity index (χ4n) is 3.27. The molecule has 1 N–H and O–H groups in total. The number of hydrogen-bond acceptors (Lipinski definition) is 3. The molecule has 0 bridgehead atoms. The highest BCUT2D eigenvalue weighted by Crippen LogP contribution is 2.33. The van der Waals surface area contributed by atoms with Gasteiger partial charge in [0.1, 0.15) is 13.2 Å². The van der Waals surface area contributed by atoms with Crippen molar-refractivity contribution in [3.05, 3.63) is 59.2 Å². The van der Waals surface area contributed by atoms with Crippen molar-refractivity contribution >= 4 is 0 Å². The fourth-order valence-corrected chi connectivity index (χ4v) is 3.27. The van der Waals surface area contributed by atoms with E-state index in [0.29, 0.717) is 19.1 Å². The van der Waals surface area contributed by atoms with E-state index in [4.69, 9.17) is 9.47 Å². The molecule has 0 saturated carbocycles. The van der Waals surface area contributed by atoms with Crippen LogP contribution in [0.2, 0.25) is 0 Å². The molecule has 21 heavy (non-hydrogen) atoms. The molecule has 2 aromatic rings. The first kappa shape index (κ1) is 12.7. The molecule has 4 rings (SSSR count). The van der Waals surface area contributed by atoms with Crippen LogP contribution in [0.3, 0.4) is 0 Å². The molecule has 0 spiro atoms. The second kappa shape index (κ2) is 5.41. The van der Waals surface area contributed by atoms with E-state index in [1.807, 2.05) is 6.07 Å². The van der Waals surface area contributed by atoms with Crippen LogP contribution >= 0.6 is 0 Å². The average molecular weight is 281 g/mol. The van der Waals surface area contributed by atoms with Crippen LogP contribution in [0.4, 0.5) is 0 Å². The van der Waals surface area contributed by atoms with Crippen molar-refractivity contribution in [1.29, 1.82) is 0 Å². The quantitative estimate of drug-likeness (QED) is 0.918. The number of nitrogens with one attached hydrogen (secondary N) is 1. The summed E-state index contributed by atoms with van der Waals surface area (Å²) in [5.41, 5.74) is 4.21. The molecule has 1 atom stereocenters. The summed E-state index contributed by atoms with van der Waals surface area (Å²) < 4.78 is 11.3. The van der Waals surface area contributed by atoms with Crippen LogP contribution in [0.5, 0.6) is 11.5 Å². The van der Waals surface area contributed by atoms with Gasteiger partial charge in [0.15, 0.2) is 11.5 Å². The summed E-state index contributed by atoms with van der Waals surface area (Å²) >= 11 is 0.